The van der Waals surface area contributed by atoms with Gasteiger partial charge in [0.25, 0.3) is 0 Å². The Balaban J connectivity index is 1.34. The van der Waals surface area contributed by atoms with Crippen LogP contribution in [0, 0.1) is 6.92 Å². The van der Waals surface area contributed by atoms with E-state index in [0.717, 1.165) is 32.0 Å². The third-order valence-electron chi connectivity index (χ3n) is 5.61. The average Bonchev–Trinajstić information content (AvgIpc) is 3.32. The molecule has 1 fully saturated rings. The predicted octanol–water partition coefficient (Wildman–Crippen LogP) is 3.71. The second-order valence-electron chi connectivity index (χ2n) is 7.56. The lowest BCUT2D eigenvalue weighted by Gasteiger charge is -2.32. The molecule has 27 heavy (non-hydrogen) atoms. The fraction of sp³-hybridized carbons (Fsp3) is 0.455. The van der Waals surface area contributed by atoms with Crippen LogP contribution in [0.3, 0.4) is 0 Å². The molecule has 0 amide bonds. The van der Waals surface area contributed by atoms with E-state index < -0.39 is 0 Å². The van der Waals surface area contributed by atoms with E-state index in [0.29, 0.717) is 5.92 Å². The van der Waals surface area contributed by atoms with E-state index in [1.54, 1.807) is 0 Å². The van der Waals surface area contributed by atoms with Crippen LogP contribution in [0.5, 0.6) is 0 Å². The van der Waals surface area contributed by atoms with Crippen LogP contribution >= 0.6 is 0 Å². The lowest BCUT2D eigenvalue weighted by molar-refractivity contribution is 0.197. The van der Waals surface area contributed by atoms with Crippen LogP contribution in [0.25, 0.3) is 0 Å². The van der Waals surface area contributed by atoms with Crippen LogP contribution in [-0.2, 0) is 13.1 Å². The number of piperidine rings is 1. The molecule has 1 aliphatic heterocycles. The number of hydrogen-bond acceptors (Lipinski definition) is 3. The van der Waals surface area contributed by atoms with Crippen molar-refractivity contribution < 1.29 is 0 Å². The third kappa shape index (κ3) is 4.48. The van der Waals surface area contributed by atoms with Gasteiger partial charge in [-0.1, -0.05) is 30.3 Å². The Bertz CT molecular complexity index is 835. The van der Waals surface area contributed by atoms with Gasteiger partial charge in [-0.2, -0.15) is 0 Å². The van der Waals surface area contributed by atoms with Gasteiger partial charge in [-0.3, -0.25) is 0 Å². The predicted molar refractivity (Wildman–Crippen MR) is 108 cm³/mol. The lowest BCUT2D eigenvalue weighted by Crippen LogP contribution is -2.36. The molecule has 4 rings (SSSR count). The van der Waals surface area contributed by atoms with Gasteiger partial charge in [0, 0.05) is 50.3 Å². The van der Waals surface area contributed by atoms with Gasteiger partial charge in [-0.25, -0.2) is 9.97 Å². The van der Waals surface area contributed by atoms with Gasteiger partial charge in [0.2, 0.25) is 0 Å². The molecule has 5 heteroatoms. The summed E-state index contributed by atoms with van der Waals surface area (Å²) in [5.74, 6) is 2.89. The SMILES string of the molecule is Cc1nccn1CCCN1CCC[C@@H](c2nccn2Cc2ccccc2)C1. The minimum Gasteiger partial charge on any atom is -0.335 e. The summed E-state index contributed by atoms with van der Waals surface area (Å²) < 4.78 is 4.58. The zero-order valence-corrected chi connectivity index (χ0v) is 16.2. The highest BCUT2D eigenvalue weighted by Crippen LogP contribution is 2.26. The van der Waals surface area contributed by atoms with Crippen molar-refractivity contribution in [2.75, 3.05) is 19.6 Å². The maximum absolute atomic E-state index is 4.73. The molecule has 5 nitrogen and oxygen atoms in total. The van der Waals surface area contributed by atoms with E-state index >= 15 is 0 Å². The van der Waals surface area contributed by atoms with Crippen molar-refractivity contribution in [2.45, 2.75) is 45.2 Å². The van der Waals surface area contributed by atoms with E-state index in [1.807, 2.05) is 12.4 Å². The number of aryl methyl sites for hydroxylation is 2. The van der Waals surface area contributed by atoms with Crippen molar-refractivity contribution in [1.82, 2.24) is 24.0 Å². The monoisotopic (exact) mass is 363 g/mol. The van der Waals surface area contributed by atoms with Crippen LogP contribution in [0.1, 0.15) is 42.4 Å². The van der Waals surface area contributed by atoms with E-state index in [9.17, 15) is 0 Å². The molecular formula is C22H29N5. The molecule has 1 atom stereocenters. The molecule has 1 aromatic carbocycles. The van der Waals surface area contributed by atoms with Crippen LogP contribution in [-0.4, -0.2) is 43.6 Å². The van der Waals surface area contributed by atoms with Crippen molar-refractivity contribution in [3.8, 4) is 0 Å². The lowest BCUT2D eigenvalue weighted by atomic mass is 9.97. The Morgan fingerprint density at radius 3 is 2.63 bits per heavy atom. The second kappa shape index (κ2) is 8.53. The molecular weight excluding hydrogens is 334 g/mol. The molecule has 142 valence electrons. The summed E-state index contributed by atoms with van der Waals surface area (Å²) in [6.07, 6.45) is 11.7. The quantitative estimate of drug-likeness (QED) is 0.642. The van der Waals surface area contributed by atoms with Crippen molar-refractivity contribution in [3.63, 3.8) is 0 Å². The van der Waals surface area contributed by atoms with Gasteiger partial charge in [0.1, 0.15) is 11.6 Å². The highest BCUT2D eigenvalue weighted by Gasteiger charge is 2.24. The van der Waals surface area contributed by atoms with E-state index in [-0.39, 0.29) is 0 Å². The van der Waals surface area contributed by atoms with Crippen LogP contribution < -0.4 is 0 Å². The van der Waals surface area contributed by atoms with Gasteiger partial charge >= 0.3 is 0 Å². The molecule has 0 unspecified atom stereocenters. The van der Waals surface area contributed by atoms with E-state index in [4.69, 9.17) is 4.98 Å². The van der Waals surface area contributed by atoms with Gasteiger partial charge in [0.05, 0.1) is 0 Å². The summed E-state index contributed by atoms with van der Waals surface area (Å²) in [6, 6.07) is 10.7. The van der Waals surface area contributed by atoms with Gasteiger partial charge in [-0.15, -0.1) is 0 Å². The normalized spacial score (nSPS) is 18.0. The summed E-state index contributed by atoms with van der Waals surface area (Å²) in [7, 11) is 0. The first-order valence-electron chi connectivity index (χ1n) is 10.0. The largest absolute Gasteiger partial charge is 0.335 e. The Labute approximate surface area is 161 Å². The molecule has 0 saturated carbocycles. The van der Waals surface area contributed by atoms with E-state index in [2.05, 4.69) is 68.7 Å². The minimum atomic E-state index is 0.535. The number of rotatable bonds is 7. The van der Waals surface area contributed by atoms with Crippen LogP contribution in [0.4, 0.5) is 0 Å². The van der Waals surface area contributed by atoms with Gasteiger partial charge in [0.15, 0.2) is 0 Å². The molecule has 0 aliphatic carbocycles. The number of hydrogen-bond donors (Lipinski definition) is 0. The molecule has 0 spiro atoms. The molecule has 2 aromatic heterocycles. The first-order chi connectivity index (χ1) is 13.3. The number of nitrogens with zero attached hydrogens (tertiary/aromatic N) is 5. The van der Waals surface area contributed by atoms with Crippen molar-refractivity contribution in [3.05, 3.63) is 72.3 Å². The molecule has 0 radical (unpaired) electrons. The molecule has 3 heterocycles. The fourth-order valence-corrected chi connectivity index (χ4v) is 4.17. The molecule has 1 aliphatic rings. The highest BCUT2D eigenvalue weighted by molar-refractivity contribution is 5.16. The molecule has 0 bridgehead atoms. The summed E-state index contributed by atoms with van der Waals surface area (Å²) in [4.78, 5) is 11.7. The molecule has 1 saturated heterocycles. The highest BCUT2D eigenvalue weighted by atomic mass is 15.2. The van der Waals surface area contributed by atoms with Crippen molar-refractivity contribution >= 4 is 0 Å². The Hall–Kier alpha value is -2.40. The smallest absolute Gasteiger partial charge is 0.113 e. The Morgan fingerprint density at radius 2 is 1.81 bits per heavy atom. The summed E-state index contributed by atoms with van der Waals surface area (Å²) in [5, 5.41) is 0. The first-order valence-corrected chi connectivity index (χ1v) is 10.0. The standard InChI is InChI=1S/C22H29N5/c1-19-23-10-15-26(19)14-6-13-25-12-5-9-21(18-25)22-24-11-16-27(22)17-20-7-3-2-4-8-20/h2-4,7-8,10-11,15-16,21H,5-6,9,12-14,17-18H2,1H3/t21-/m1/s1. The van der Waals surface area contributed by atoms with Gasteiger partial charge in [-0.05, 0) is 44.8 Å². The summed E-state index contributed by atoms with van der Waals surface area (Å²) in [5.41, 5.74) is 1.33. The molecule has 3 aromatic rings. The third-order valence-corrected chi connectivity index (χ3v) is 5.61. The van der Waals surface area contributed by atoms with Crippen LogP contribution in [0.2, 0.25) is 0 Å². The zero-order chi connectivity index (χ0) is 18.5. The summed E-state index contributed by atoms with van der Waals surface area (Å²) >= 11 is 0. The first kappa shape index (κ1) is 18.0. The second-order valence-corrected chi connectivity index (χ2v) is 7.56. The average molecular weight is 364 g/mol. The number of aromatic nitrogens is 4. The Kier molecular flexibility index (Phi) is 5.68. The van der Waals surface area contributed by atoms with Crippen molar-refractivity contribution in [2.24, 2.45) is 0 Å². The fourth-order valence-electron chi connectivity index (χ4n) is 4.17. The minimum absolute atomic E-state index is 0.535. The van der Waals surface area contributed by atoms with E-state index in [1.165, 1.54) is 37.2 Å². The van der Waals surface area contributed by atoms with Crippen LogP contribution in [0.15, 0.2) is 55.1 Å². The number of likely N-dealkylation sites (tertiary alicyclic amines) is 1. The number of benzene rings is 1. The zero-order valence-electron chi connectivity index (χ0n) is 16.2. The number of imidazole rings is 2. The van der Waals surface area contributed by atoms with Gasteiger partial charge < -0.3 is 14.0 Å². The summed E-state index contributed by atoms with van der Waals surface area (Å²) in [6.45, 7) is 7.51. The topological polar surface area (TPSA) is 38.9 Å². The maximum atomic E-state index is 4.73. The maximum Gasteiger partial charge on any atom is 0.113 e. The Morgan fingerprint density at radius 1 is 1.00 bits per heavy atom. The van der Waals surface area contributed by atoms with Crippen molar-refractivity contribution in [1.29, 1.82) is 0 Å². The molecule has 0 N–H and O–H groups in total.